The molecule has 11 heteroatoms. The van der Waals surface area contributed by atoms with Gasteiger partial charge in [0.2, 0.25) is 0 Å². The van der Waals surface area contributed by atoms with Crippen molar-refractivity contribution in [3.8, 4) is 0 Å². The summed E-state index contributed by atoms with van der Waals surface area (Å²) < 4.78 is 0. The first-order valence-corrected chi connectivity index (χ1v) is 14.1. The first kappa shape index (κ1) is 28.8. The molecule has 2 saturated heterocycles. The third kappa shape index (κ3) is 6.71. The highest BCUT2D eigenvalue weighted by molar-refractivity contribution is 5.98. The molecule has 0 bridgehead atoms. The molecule has 0 aliphatic carbocycles. The quantitative estimate of drug-likeness (QED) is 0.319. The van der Waals surface area contributed by atoms with Crippen LogP contribution in [0.2, 0.25) is 0 Å². The fraction of sp³-hybridized carbons (Fsp3) is 0.607. The van der Waals surface area contributed by atoms with Crippen LogP contribution in [-0.2, 0) is 6.42 Å². The molecule has 4 heterocycles. The van der Waals surface area contributed by atoms with Crippen molar-refractivity contribution in [1.82, 2.24) is 30.1 Å². The lowest BCUT2D eigenvalue weighted by atomic mass is 9.99. The Hall–Kier alpha value is -3.15. The van der Waals surface area contributed by atoms with Crippen LogP contribution >= 0.6 is 0 Å². The van der Waals surface area contributed by atoms with Gasteiger partial charge in [-0.3, -0.25) is 19.8 Å². The summed E-state index contributed by atoms with van der Waals surface area (Å²) >= 11 is 0. The van der Waals surface area contributed by atoms with Crippen molar-refractivity contribution in [2.24, 2.45) is 0 Å². The fourth-order valence-corrected chi connectivity index (χ4v) is 5.76. The highest BCUT2D eigenvalue weighted by atomic mass is 16.3. The minimum absolute atomic E-state index is 0.0281. The van der Waals surface area contributed by atoms with Gasteiger partial charge in [-0.05, 0) is 51.2 Å². The summed E-state index contributed by atoms with van der Waals surface area (Å²) in [6, 6.07) is 4.48. The van der Waals surface area contributed by atoms with Gasteiger partial charge in [-0.15, -0.1) is 0 Å². The second kappa shape index (κ2) is 13.3. The molecular weight excluding hydrogens is 496 g/mol. The van der Waals surface area contributed by atoms with E-state index in [9.17, 15) is 9.59 Å². The number of aryl methyl sites for hydroxylation is 2. The number of nitrogens with two attached hydrogens (primary N) is 1. The molecule has 1 amide bonds. The average molecular weight is 539 g/mol. The number of hydrogen-bond acceptors (Lipinski definition) is 10. The van der Waals surface area contributed by atoms with Crippen LogP contribution in [0.5, 0.6) is 0 Å². The van der Waals surface area contributed by atoms with Gasteiger partial charge in [0.05, 0.1) is 30.7 Å². The number of Topliss-reactive ketones (excluding diaryl/α,β-unsaturated/α-hetero) is 1. The maximum absolute atomic E-state index is 13.2. The number of nitrogen functional groups attached to an aromatic ring is 1. The third-order valence-electron chi connectivity index (χ3n) is 7.91. The number of ketones is 1. The van der Waals surface area contributed by atoms with E-state index in [0.29, 0.717) is 42.2 Å². The number of anilines is 2. The van der Waals surface area contributed by atoms with Crippen LogP contribution in [-0.4, -0.2) is 99.6 Å². The van der Waals surface area contributed by atoms with Gasteiger partial charge in [0, 0.05) is 50.5 Å². The van der Waals surface area contributed by atoms with E-state index in [-0.39, 0.29) is 25.0 Å². The number of likely N-dealkylation sites (tertiary alicyclic amines) is 1. The van der Waals surface area contributed by atoms with Crippen LogP contribution in [0.4, 0.5) is 11.6 Å². The first-order chi connectivity index (χ1) is 18.9. The lowest BCUT2D eigenvalue weighted by molar-refractivity contribution is 0.0550. The van der Waals surface area contributed by atoms with Crippen molar-refractivity contribution >= 4 is 23.3 Å². The molecular formula is C28H42N8O3. The second-order valence-corrected chi connectivity index (χ2v) is 10.4. The van der Waals surface area contributed by atoms with E-state index in [0.717, 1.165) is 68.9 Å². The van der Waals surface area contributed by atoms with Crippen LogP contribution in [0.1, 0.15) is 71.8 Å². The number of aliphatic hydroxyl groups is 1. The van der Waals surface area contributed by atoms with Crippen molar-refractivity contribution in [2.45, 2.75) is 65.0 Å². The van der Waals surface area contributed by atoms with Crippen molar-refractivity contribution in [1.29, 1.82) is 0 Å². The molecule has 0 radical (unpaired) electrons. The predicted molar refractivity (Wildman–Crippen MR) is 151 cm³/mol. The average Bonchev–Trinajstić information content (AvgIpc) is 3.18. The minimum Gasteiger partial charge on any atom is -0.383 e. The van der Waals surface area contributed by atoms with Gasteiger partial charge < -0.3 is 20.6 Å². The number of carbonyl (C=O) groups is 2. The summed E-state index contributed by atoms with van der Waals surface area (Å²) in [5.41, 5.74) is 8.54. The molecule has 11 nitrogen and oxygen atoms in total. The number of pyridine rings is 1. The summed E-state index contributed by atoms with van der Waals surface area (Å²) in [4.78, 5) is 45.8. The molecule has 0 spiro atoms. The first-order valence-electron chi connectivity index (χ1n) is 14.1. The fourth-order valence-electron chi connectivity index (χ4n) is 5.76. The molecule has 2 aromatic rings. The lowest BCUT2D eigenvalue weighted by Gasteiger charge is -2.42. The van der Waals surface area contributed by atoms with E-state index in [4.69, 9.17) is 10.8 Å². The van der Waals surface area contributed by atoms with Crippen molar-refractivity contribution in [3.63, 3.8) is 0 Å². The Labute approximate surface area is 230 Å². The highest BCUT2D eigenvalue weighted by Gasteiger charge is 2.34. The van der Waals surface area contributed by atoms with Gasteiger partial charge in [0.25, 0.3) is 5.91 Å². The standard InChI is InChI=1S/C28H42N8O3/c1-4-20-7-8-23(26(29)33-20)28(39)34-13-9-22(10-14-34)36-12-6-11-35(17-21(36)5-2)27-19(3)32-24(15-31-27)25(38)16-30-18-37/h7-8,15,21-22,30,37H,4-6,9-14,16-18H2,1-3H3,(H2,29,33). The van der Waals surface area contributed by atoms with E-state index in [1.807, 2.05) is 30.9 Å². The normalized spacial score (nSPS) is 19.2. The molecule has 4 N–H and O–H groups in total. The van der Waals surface area contributed by atoms with E-state index >= 15 is 0 Å². The molecule has 212 valence electrons. The number of nitrogens with zero attached hydrogens (tertiary/aromatic N) is 6. The summed E-state index contributed by atoms with van der Waals surface area (Å²) in [7, 11) is 0. The van der Waals surface area contributed by atoms with Crippen LogP contribution in [0.15, 0.2) is 18.3 Å². The van der Waals surface area contributed by atoms with Crippen molar-refractivity contribution in [2.75, 3.05) is 56.6 Å². The molecule has 4 rings (SSSR count). The molecule has 1 atom stereocenters. The third-order valence-corrected chi connectivity index (χ3v) is 7.91. The summed E-state index contributed by atoms with van der Waals surface area (Å²) in [6.07, 6.45) is 6.20. The van der Waals surface area contributed by atoms with E-state index in [1.165, 1.54) is 6.20 Å². The number of carbonyl (C=O) groups excluding carboxylic acids is 2. The Morgan fingerprint density at radius 1 is 1.13 bits per heavy atom. The molecule has 0 saturated carbocycles. The Balaban J connectivity index is 1.38. The van der Waals surface area contributed by atoms with Gasteiger partial charge in [-0.1, -0.05) is 13.8 Å². The molecule has 2 fully saturated rings. The monoisotopic (exact) mass is 538 g/mol. The smallest absolute Gasteiger partial charge is 0.257 e. The highest BCUT2D eigenvalue weighted by Crippen LogP contribution is 2.27. The van der Waals surface area contributed by atoms with E-state index in [1.54, 1.807) is 0 Å². The molecule has 39 heavy (non-hydrogen) atoms. The number of amides is 1. The molecule has 1 unspecified atom stereocenters. The minimum atomic E-state index is -0.257. The number of aliphatic hydroxyl groups excluding tert-OH is 1. The van der Waals surface area contributed by atoms with Gasteiger partial charge in [0.15, 0.2) is 5.78 Å². The Kier molecular flexibility index (Phi) is 9.82. The van der Waals surface area contributed by atoms with Crippen LogP contribution in [0, 0.1) is 6.92 Å². The molecule has 2 aliphatic rings. The van der Waals surface area contributed by atoms with Crippen molar-refractivity contribution in [3.05, 3.63) is 41.0 Å². The number of hydrogen-bond donors (Lipinski definition) is 3. The summed E-state index contributed by atoms with van der Waals surface area (Å²) in [5, 5.41) is 11.5. The molecule has 2 aromatic heterocycles. The number of nitrogens with one attached hydrogen (secondary N) is 1. The maximum Gasteiger partial charge on any atom is 0.257 e. The van der Waals surface area contributed by atoms with E-state index < -0.39 is 0 Å². The van der Waals surface area contributed by atoms with Crippen LogP contribution < -0.4 is 16.0 Å². The van der Waals surface area contributed by atoms with Gasteiger partial charge in [0.1, 0.15) is 17.3 Å². The largest absolute Gasteiger partial charge is 0.383 e. The molecule has 2 aliphatic heterocycles. The summed E-state index contributed by atoms with van der Waals surface area (Å²) in [6.45, 7) is 10.0. The zero-order valence-electron chi connectivity index (χ0n) is 23.4. The zero-order valence-corrected chi connectivity index (χ0v) is 23.4. The van der Waals surface area contributed by atoms with Crippen molar-refractivity contribution < 1.29 is 14.7 Å². The SMILES string of the molecule is CCc1ccc(C(=O)N2CCC(N3CCCN(c4ncc(C(=O)CNCO)nc4C)CC3CC)CC2)c(N)n1. The lowest BCUT2D eigenvalue weighted by Crippen LogP contribution is -2.51. The Bertz CT molecular complexity index is 1150. The second-order valence-electron chi connectivity index (χ2n) is 10.4. The van der Waals surface area contributed by atoms with Gasteiger partial charge in [-0.25, -0.2) is 15.0 Å². The van der Waals surface area contributed by atoms with Gasteiger partial charge in [-0.2, -0.15) is 0 Å². The van der Waals surface area contributed by atoms with Gasteiger partial charge >= 0.3 is 0 Å². The summed E-state index contributed by atoms with van der Waals surface area (Å²) in [5.74, 6) is 0.917. The van der Waals surface area contributed by atoms with Crippen LogP contribution in [0.25, 0.3) is 0 Å². The predicted octanol–water partition coefficient (Wildman–Crippen LogP) is 1.64. The topological polar surface area (TPSA) is 141 Å². The molecule has 0 aromatic carbocycles. The number of rotatable bonds is 9. The van der Waals surface area contributed by atoms with E-state index in [2.05, 4.69) is 37.0 Å². The number of piperidine rings is 1. The Morgan fingerprint density at radius 3 is 2.54 bits per heavy atom. The van der Waals surface area contributed by atoms with Crippen LogP contribution in [0.3, 0.4) is 0 Å². The number of aromatic nitrogens is 3. The Morgan fingerprint density at radius 2 is 1.90 bits per heavy atom. The maximum atomic E-state index is 13.2. The zero-order chi connectivity index (χ0) is 27.9.